The molecule has 0 atom stereocenters. The van der Waals surface area contributed by atoms with Crippen LogP contribution in [0.15, 0.2) is 156 Å². The van der Waals surface area contributed by atoms with Crippen molar-refractivity contribution >= 4 is 81.3 Å². The molecule has 9 aromatic rings. The molecule has 0 saturated heterocycles. The highest BCUT2D eigenvalue weighted by Crippen LogP contribution is 2.45. The Balaban J connectivity index is 1.28. The molecule has 0 unspecified atom stereocenters. The Bertz CT molecular complexity index is 2450. The topological polar surface area (TPSA) is 16.4 Å². The van der Waals surface area contributed by atoms with Gasteiger partial charge in [-0.3, -0.25) is 0 Å². The Hall–Kier alpha value is -5.38. The molecule has 9 rings (SSSR count). The summed E-state index contributed by atoms with van der Waals surface area (Å²) < 4.78 is 9.15. The summed E-state index contributed by atoms with van der Waals surface area (Å²) in [5.74, 6) is 0. The van der Waals surface area contributed by atoms with Gasteiger partial charge in [-0.2, -0.15) is 0 Å². The summed E-state index contributed by atoms with van der Waals surface area (Å²) >= 11 is 1.86. The van der Waals surface area contributed by atoms with Crippen LogP contribution in [0.1, 0.15) is 0 Å². The molecule has 0 bridgehead atoms. The lowest BCUT2D eigenvalue weighted by atomic mass is 10.0. The van der Waals surface area contributed by atoms with Crippen molar-refractivity contribution in [1.29, 1.82) is 0 Å². The summed E-state index contributed by atoms with van der Waals surface area (Å²) in [6.45, 7) is 0. The molecule has 0 aliphatic rings. The third-order valence-corrected chi connectivity index (χ3v) is 9.57. The zero-order valence-electron chi connectivity index (χ0n) is 23.2. The van der Waals surface area contributed by atoms with Crippen molar-refractivity contribution in [2.75, 3.05) is 4.90 Å². The van der Waals surface area contributed by atoms with Crippen molar-refractivity contribution in [3.63, 3.8) is 0 Å². The van der Waals surface area contributed by atoms with Crippen molar-refractivity contribution in [3.8, 4) is 11.1 Å². The van der Waals surface area contributed by atoms with E-state index in [1.54, 1.807) is 0 Å². The second kappa shape index (κ2) is 9.59. The maximum atomic E-state index is 6.55. The SMILES string of the molecule is c1ccc(-c2ccc(N(c3ccc4sc5cc6ccccc6cc5c4c3)c3cccc4c3oc3ccccc34)cc2)cc1. The normalized spacial score (nSPS) is 11.7. The zero-order chi connectivity index (χ0) is 28.3. The molecule has 0 N–H and O–H groups in total. The number of hydrogen-bond donors (Lipinski definition) is 0. The van der Waals surface area contributed by atoms with Crippen molar-refractivity contribution in [1.82, 2.24) is 0 Å². The van der Waals surface area contributed by atoms with E-state index in [-0.39, 0.29) is 0 Å². The van der Waals surface area contributed by atoms with Gasteiger partial charge in [-0.05, 0) is 76.5 Å². The standard InChI is InChI=1S/C40H25NOS/c1-2-9-26(10-3-1)27-17-19-30(20-18-27)41(36-15-8-14-33-32-13-6-7-16-37(32)42-40(33)36)31-21-22-38-35(25-31)34-23-28-11-4-5-12-29(28)24-39(34)43-38/h1-25H. The summed E-state index contributed by atoms with van der Waals surface area (Å²) in [6.07, 6.45) is 0. The largest absolute Gasteiger partial charge is 0.454 e. The summed E-state index contributed by atoms with van der Waals surface area (Å²) in [6, 6.07) is 54.3. The number of benzene rings is 7. The van der Waals surface area contributed by atoms with Gasteiger partial charge in [-0.25, -0.2) is 0 Å². The molecule has 0 aliphatic heterocycles. The summed E-state index contributed by atoms with van der Waals surface area (Å²) in [5.41, 5.74) is 7.38. The van der Waals surface area contributed by atoms with Crippen LogP contribution in [0.25, 0.3) is 64.0 Å². The van der Waals surface area contributed by atoms with E-state index in [4.69, 9.17) is 4.42 Å². The average Bonchev–Trinajstić information content (AvgIpc) is 3.63. The second-order valence-electron chi connectivity index (χ2n) is 11.0. The van der Waals surface area contributed by atoms with Gasteiger partial charge in [0.15, 0.2) is 5.58 Å². The molecule has 0 amide bonds. The quantitative estimate of drug-likeness (QED) is 0.210. The maximum absolute atomic E-state index is 6.55. The van der Waals surface area contributed by atoms with Crippen molar-refractivity contribution in [2.24, 2.45) is 0 Å². The summed E-state index contributed by atoms with van der Waals surface area (Å²) in [5, 5.41) is 7.35. The fraction of sp³-hybridized carbons (Fsp3) is 0. The zero-order valence-corrected chi connectivity index (χ0v) is 24.0. The molecule has 2 nitrogen and oxygen atoms in total. The third-order valence-electron chi connectivity index (χ3n) is 8.44. The summed E-state index contributed by atoms with van der Waals surface area (Å²) in [7, 11) is 0. The van der Waals surface area contributed by atoms with Gasteiger partial charge < -0.3 is 9.32 Å². The van der Waals surface area contributed by atoms with Gasteiger partial charge in [-0.15, -0.1) is 11.3 Å². The van der Waals surface area contributed by atoms with Gasteiger partial charge in [-0.1, -0.05) is 97.1 Å². The third kappa shape index (κ3) is 3.93. The lowest BCUT2D eigenvalue weighted by Gasteiger charge is -2.26. The molecular weight excluding hydrogens is 543 g/mol. The van der Waals surface area contributed by atoms with E-state index in [2.05, 4.69) is 144 Å². The highest BCUT2D eigenvalue weighted by Gasteiger charge is 2.20. The summed E-state index contributed by atoms with van der Waals surface area (Å²) in [4.78, 5) is 2.34. The smallest absolute Gasteiger partial charge is 0.159 e. The molecule has 0 radical (unpaired) electrons. The van der Waals surface area contributed by atoms with E-state index < -0.39 is 0 Å². The molecule has 43 heavy (non-hydrogen) atoms. The Kier molecular flexibility index (Phi) is 5.40. The molecule has 3 heteroatoms. The van der Waals surface area contributed by atoms with Crippen LogP contribution in [0.4, 0.5) is 17.1 Å². The molecule has 0 saturated carbocycles. The molecule has 7 aromatic carbocycles. The van der Waals surface area contributed by atoms with E-state index in [0.29, 0.717) is 0 Å². The molecule has 202 valence electrons. The minimum atomic E-state index is 0.886. The van der Waals surface area contributed by atoms with Crippen LogP contribution in [0.5, 0.6) is 0 Å². The highest BCUT2D eigenvalue weighted by molar-refractivity contribution is 7.25. The van der Waals surface area contributed by atoms with Crippen molar-refractivity contribution in [3.05, 3.63) is 152 Å². The van der Waals surface area contributed by atoms with Gasteiger partial charge in [0.1, 0.15) is 5.58 Å². The first-order chi connectivity index (χ1) is 21.3. The first-order valence-corrected chi connectivity index (χ1v) is 15.3. The monoisotopic (exact) mass is 567 g/mol. The number of nitrogens with zero attached hydrogens (tertiary/aromatic N) is 1. The van der Waals surface area contributed by atoms with E-state index >= 15 is 0 Å². The van der Waals surface area contributed by atoms with Crippen LogP contribution in [0.3, 0.4) is 0 Å². The molecule has 2 heterocycles. The number of anilines is 3. The number of hydrogen-bond acceptors (Lipinski definition) is 3. The maximum Gasteiger partial charge on any atom is 0.159 e. The molecule has 0 spiro atoms. The van der Waals surface area contributed by atoms with E-state index in [0.717, 1.165) is 39.0 Å². The molecule has 2 aromatic heterocycles. The number of thiophene rings is 1. The minimum absolute atomic E-state index is 0.886. The number of furan rings is 1. The lowest BCUT2D eigenvalue weighted by Crippen LogP contribution is -2.10. The van der Waals surface area contributed by atoms with Crippen molar-refractivity contribution in [2.45, 2.75) is 0 Å². The number of fused-ring (bicyclic) bond motifs is 7. The van der Waals surface area contributed by atoms with Crippen LogP contribution < -0.4 is 4.90 Å². The highest BCUT2D eigenvalue weighted by atomic mass is 32.1. The van der Waals surface area contributed by atoms with E-state index in [9.17, 15) is 0 Å². The molecule has 0 aliphatic carbocycles. The van der Waals surface area contributed by atoms with Crippen LogP contribution in [0.2, 0.25) is 0 Å². The molecule has 0 fully saturated rings. The first-order valence-electron chi connectivity index (χ1n) is 14.5. The van der Waals surface area contributed by atoms with Crippen LogP contribution >= 0.6 is 11.3 Å². The van der Waals surface area contributed by atoms with Gasteiger partial charge >= 0.3 is 0 Å². The van der Waals surface area contributed by atoms with Gasteiger partial charge in [0.2, 0.25) is 0 Å². The number of para-hydroxylation sites is 2. The van der Waals surface area contributed by atoms with Gasteiger partial charge in [0.05, 0.1) is 5.69 Å². The van der Waals surface area contributed by atoms with Crippen LogP contribution in [-0.4, -0.2) is 0 Å². The van der Waals surface area contributed by atoms with Crippen molar-refractivity contribution < 1.29 is 4.42 Å². The van der Waals surface area contributed by atoms with Gasteiger partial charge in [0, 0.05) is 42.3 Å². The number of rotatable bonds is 4. The van der Waals surface area contributed by atoms with E-state index in [1.165, 1.54) is 42.1 Å². The Labute approximate surface area is 252 Å². The van der Waals surface area contributed by atoms with Crippen LogP contribution in [-0.2, 0) is 0 Å². The predicted octanol–water partition coefficient (Wildman–Crippen LogP) is 12.2. The predicted molar refractivity (Wildman–Crippen MR) is 184 cm³/mol. The first kappa shape index (κ1) is 24.2. The minimum Gasteiger partial charge on any atom is -0.454 e. The fourth-order valence-electron chi connectivity index (χ4n) is 6.36. The van der Waals surface area contributed by atoms with Crippen LogP contribution in [0, 0.1) is 0 Å². The average molecular weight is 568 g/mol. The van der Waals surface area contributed by atoms with E-state index in [1.807, 2.05) is 23.5 Å². The fourth-order valence-corrected chi connectivity index (χ4v) is 7.48. The Morgan fingerprint density at radius 3 is 1.98 bits per heavy atom. The molecular formula is C40H25NOS. The van der Waals surface area contributed by atoms with Gasteiger partial charge in [0.25, 0.3) is 0 Å². The Morgan fingerprint density at radius 1 is 0.442 bits per heavy atom. The Morgan fingerprint density at radius 2 is 1.12 bits per heavy atom. The second-order valence-corrected chi connectivity index (χ2v) is 12.1. The lowest BCUT2D eigenvalue weighted by molar-refractivity contribution is 0.669.